The van der Waals surface area contributed by atoms with Crippen molar-refractivity contribution in [2.24, 2.45) is 0 Å². The van der Waals surface area contributed by atoms with Crippen molar-refractivity contribution in [3.8, 4) is 0 Å². The Morgan fingerprint density at radius 3 is 2.67 bits per heavy atom. The van der Waals surface area contributed by atoms with Crippen LogP contribution in [0.5, 0.6) is 0 Å². The number of halogens is 1. The lowest BCUT2D eigenvalue weighted by atomic mass is 10.1. The normalized spacial score (nSPS) is 15.4. The van der Waals surface area contributed by atoms with Gasteiger partial charge in [-0.25, -0.2) is 4.79 Å². The van der Waals surface area contributed by atoms with Gasteiger partial charge in [0.1, 0.15) is 0 Å². The molecule has 80 valence electrons. The molecule has 2 rings (SSSR count). The average Bonchev–Trinajstić information content (AvgIpc) is 2.55. The van der Waals surface area contributed by atoms with Crippen LogP contribution in [0, 0.1) is 0 Å². The molecule has 0 bridgehead atoms. The Balaban J connectivity index is 2.50. The highest BCUT2D eigenvalue weighted by atomic mass is 79.9. The summed E-state index contributed by atoms with van der Waals surface area (Å²) >= 11 is 3.32. The zero-order valence-electron chi connectivity index (χ0n) is 8.12. The van der Waals surface area contributed by atoms with Crippen molar-refractivity contribution in [1.82, 2.24) is 9.97 Å². The van der Waals surface area contributed by atoms with Gasteiger partial charge in [-0.3, -0.25) is 0 Å². The molecule has 5 heteroatoms. The van der Waals surface area contributed by atoms with E-state index in [-0.39, 0.29) is 10.5 Å². The van der Waals surface area contributed by atoms with Gasteiger partial charge in [0.25, 0.3) is 0 Å². The van der Waals surface area contributed by atoms with Gasteiger partial charge in [0.05, 0.1) is 17.1 Å². The molecule has 0 aliphatic carbocycles. The highest BCUT2D eigenvalue weighted by Crippen LogP contribution is 2.23. The smallest absolute Gasteiger partial charge is 0.323 e. The number of H-pyrrole nitrogens is 2. The number of alkyl halides is 1. The minimum atomic E-state index is -0.576. The Morgan fingerprint density at radius 2 is 2.00 bits per heavy atom. The van der Waals surface area contributed by atoms with E-state index in [0.717, 1.165) is 11.1 Å². The van der Waals surface area contributed by atoms with Gasteiger partial charge in [-0.05, 0) is 24.6 Å². The number of fused-ring (bicyclic) bond motifs is 1. The van der Waals surface area contributed by atoms with E-state index < -0.39 is 6.10 Å². The number of aliphatic hydroxyl groups excluding tert-OH is 1. The number of aromatic amines is 2. The Labute approximate surface area is 94.5 Å². The highest BCUT2D eigenvalue weighted by molar-refractivity contribution is 9.09. The number of aliphatic hydroxyl groups is 1. The van der Waals surface area contributed by atoms with Gasteiger partial charge < -0.3 is 15.1 Å². The molecule has 0 aliphatic heterocycles. The van der Waals surface area contributed by atoms with E-state index >= 15 is 0 Å². The molecule has 0 fully saturated rings. The SMILES string of the molecule is CC(Br)C(O)c1ccc2[nH]c(=O)[nH]c2c1. The predicted octanol–water partition coefficient (Wildman–Crippen LogP) is 1.67. The van der Waals surface area contributed by atoms with Gasteiger partial charge in [-0.2, -0.15) is 0 Å². The van der Waals surface area contributed by atoms with Crippen LogP contribution >= 0.6 is 15.9 Å². The topological polar surface area (TPSA) is 68.9 Å². The van der Waals surface area contributed by atoms with Crippen LogP contribution in [0.1, 0.15) is 18.6 Å². The zero-order chi connectivity index (χ0) is 11.0. The number of hydrogen-bond donors (Lipinski definition) is 3. The summed E-state index contributed by atoms with van der Waals surface area (Å²) in [6.45, 7) is 1.87. The molecule has 0 radical (unpaired) electrons. The maximum atomic E-state index is 11.0. The zero-order valence-corrected chi connectivity index (χ0v) is 9.71. The first-order valence-electron chi connectivity index (χ1n) is 4.62. The summed E-state index contributed by atoms with van der Waals surface area (Å²) < 4.78 is 0. The van der Waals surface area contributed by atoms with Crippen molar-refractivity contribution in [3.63, 3.8) is 0 Å². The molecular weight excluding hydrogens is 260 g/mol. The van der Waals surface area contributed by atoms with Crippen LogP contribution in [0.25, 0.3) is 11.0 Å². The second-order valence-corrected chi connectivity index (χ2v) is 4.95. The van der Waals surface area contributed by atoms with Crippen LogP contribution in [0.4, 0.5) is 0 Å². The molecular formula is C10H11BrN2O2. The lowest BCUT2D eigenvalue weighted by Crippen LogP contribution is -2.07. The third-order valence-electron chi connectivity index (χ3n) is 2.32. The summed E-state index contributed by atoms with van der Waals surface area (Å²) in [6, 6.07) is 5.35. The second-order valence-electron chi connectivity index (χ2n) is 3.51. The summed E-state index contributed by atoms with van der Waals surface area (Å²) in [5.41, 5.74) is 2.01. The highest BCUT2D eigenvalue weighted by Gasteiger charge is 2.13. The quantitative estimate of drug-likeness (QED) is 0.727. The Hall–Kier alpha value is -1.07. The van der Waals surface area contributed by atoms with Crippen LogP contribution in [-0.2, 0) is 0 Å². The molecule has 0 saturated carbocycles. The van der Waals surface area contributed by atoms with Gasteiger partial charge in [0.15, 0.2) is 0 Å². The summed E-state index contributed by atoms with van der Waals surface area (Å²) in [5.74, 6) is 0. The third kappa shape index (κ3) is 1.98. The average molecular weight is 271 g/mol. The Bertz CT molecular complexity index is 529. The van der Waals surface area contributed by atoms with Gasteiger partial charge >= 0.3 is 5.69 Å². The van der Waals surface area contributed by atoms with Gasteiger partial charge in [0, 0.05) is 4.83 Å². The monoisotopic (exact) mass is 270 g/mol. The second kappa shape index (κ2) is 3.83. The summed E-state index contributed by atoms with van der Waals surface area (Å²) in [4.78, 5) is 16.3. The number of imidazole rings is 1. The van der Waals surface area contributed by atoms with E-state index in [2.05, 4.69) is 25.9 Å². The van der Waals surface area contributed by atoms with E-state index in [4.69, 9.17) is 0 Å². The molecule has 1 heterocycles. The van der Waals surface area contributed by atoms with Crippen LogP contribution in [0.2, 0.25) is 0 Å². The molecule has 1 aromatic heterocycles. The first kappa shape index (κ1) is 10.4. The van der Waals surface area contributed by atoms with E-state index in [1.807, 2.05) is 6.92 Å². The van der Waals surface area contributed by atoms with Crippen molar-refractivity contribution < 1.29 is 5.11 Å². The van der Waals surface area contributed by atoms with Crippen molar-refractivity contribution in [2.75, 3.05) is 0 Å². The third-order valence-corrected chi connectivity index (χ3v) is 2.82. The number of benzene rings is 1. The van der Waals surface area contributed by atoms with Crippen LogP contribution in [0.15, 0.2) is 23.0 Å². The molecule has 0 saturated heterocycles. The van der Waals surface area contributed by atoms with Crippen LogP contribution in [0.3, 0.4) is 0 Å². The van der Waals surface area contributed by atoms with Crippen molar-refractivity contribution in [2.45, 2.75) is 17.9 Å². The van der Waals surface area contributed by atoms with Crippen molar-refractivity contribution in [3.05, 3.63) is 34.2 Å². The Kier molecular flexibility index (Phi) is 2.67. The fraction of sp³-hybridized carbons (Fsp3) is 0.300. The van der Waals surface area contributed by atoms with Crippen molar-refractivity contribution in [1.29, 1.82) is 0 Å². The largest absolute Gasteiger partial charge is 0.387 e. The predicted molar refractivity (Wildman–Crippen MR) is 62.3 cm³/mol. The first-order valence-corrected chi connectivity index (χ1v) is 5.53. The van der Waals surface area contributed by atoms with E-state index in [1.54, 1.807) is 18.2 Å². The molecule has 2 atom stereocenters. The number of aromatic nitrogens is 2. The van der Waals surface area contributed by atoms with E-state index in [0.29, 0.717) is 5.52 Å². The van der Waals surface area contributed by atoms with E-state index in [1.165, 1.54) is 0 Å². The molecule has 1 aromatic carbocycles. The lowest BCUT2D eigenvalue weighted by molar-refractivity contribution is 0.181. The maximum Gasteiger partial charge on any atom is 0.323 e. The molecule has 4 nitrogen and oxygen atoms in total. The minimum absolute atomic E-state index is 0.0272. The molecule has 0 amide bonds. The lowest BCUT2D eigenvalue weighted by Gasteiger charge is -2.12. The van der Waals surface area contributed by atoms with Gasteiger partial charge in [0.2, 0.25) is 0 Å². The number of rotatable bonds is 2. The molecule has 0 aliphatic rings. The first-order chi connectivity index (χ1) is 7.08. The molecule has 15 heavy (non-hydrogen) atoms. The van der Waals surface area contributed by atoms with Crippen molar-refractivity contribution >= 4 is 27.0 Å². The summed E-state index contributed by atoms with van der Waals surface area (Å²) in [6.07, 6.45) is -0.576. The summed E-state index contributed by atoms with van der Waals surface area (Å²) in [5, 5.41) is 9.81. The molecule has 2 aromatic rings. The van der Waals surface area contributed by atoms with Gasteiger partial charge in [-0.15, -0.1) is 0 Å². The van der Waals surface area contributed by atoms with E-state index in [9.17, 15) is 9.90 Å². The van der Waals surface area contributed by atoms with Crippen LogP contribution < -0.4 is 5.69 Å². The summed E-state index contributed by atoms with van der Waals surface area (Å²) in [7, 11) is 0. The van der Waals surface area contributed by atoms with Crippen LogP contribution in [-0.4, -0.2) is 19.9 Å². The standard InChI is InChI=1S/C10H11BrN2O2/c1-5(11)9(14)6-2-3-7-8(4-6)13-10(15)12-7/h2-5,9,14H,1H3,(H2,12,13,15). The maximum absolute atomic E-state index is 11.0. The number of nitrogens with one attached hydrogen (secondary N) is 2. The fourth-order valence-corrected chi connectivity index (χ4v) is 1.80. The molecule has 0 spiro atoms. The fourth-order valence-electron chi connectivity index (χ4n) is 1.50. The number of hydrogen-bond acceptors (Lipinski definition) is 2. The molecule has 3 N–H and O–H groups in total. The minimum Gasteiger partial charge on any atom is -0.387 e. The van der Waals surface area contributed by atoms with Gasteiger partial charge in [-0.1, -0.05) is 22.0 Å². The Morgan fingerprint density at radius 1 is 1.33 bits per heavy atom. The molecule has 2 unspecified atom stereocenters.